The lowest BCUT2D eigenvalue weighted by molar-refractivity contribution is 0.471. The third kappa shape index (κ3) is 3.17. The molecule has 0 spiro atoms. The van der Waals surface area contributed by atoms with Gasteiger partial charge in [-0.3, -0.25) is 4.98 Å². The third-order valence-electron chi connectivity index (χ3n) is 4.69. The first-order valence-corrected chi connectivity index (χ1v) is 9.20. The summed E-state index contributed by atoms with van der Waals surface area (Å²) in [5.41, 5.74) is 2.47. The molecule has 4 rings (SSSR count). The van der Waals surface area contributed by atoms with Crippen LogP contribution in [0.1, 0.15) is 25.7 Å². The largest absolute Gasteiger partial charge is 0.359 e. The van der Waals surface area contributed by atoms with Crippen molar-refractivity contribution in [2.75, 3.05) is 11.9 Å². The summed E-state index contributed by atoms with van der Waals surface area (Å²) in [5.74, 6) is 0.569. The Kier molecular flexibility index (Phi) is 4.26. The number of benzene rings is 1. The number of rotatable bonds is 4. The number of fused-ring (bicyclic) bond motifs is 1. The number of anilines is 1. The third-order valence-corrected chi connectivity index (χ3v) is 5.62. The lowest BCUT2D eigenvalue weighted by Gasteiger charge is -2.24. The van der Waals surface area contributed by atoms with E-state index in [2.05, 4.69) is 45.3 Å². The number of hydrogen-bond donors (Lipinski definition) is 1. The van der Waals surface area contributed by atoms with E-state index in [1.807, 2.05) is 18.5 Å². The molecule has 1 fully saturated rings. The molecule has 4 nitrogen and oxygen atoms in total. The van der Waals surface area contributed by atoms with Crippen molar-refractivity contribution in [2.45, 2.75) is 25.7 Å². The van der Waals surface area contributed by atoms with Crippen LogP contribution in [0.4, 0.5) is 5.13 Å². The summed E-state index contributed by atoms with van der Waals surface area (Å²) in [4.78, 5) is 4.15. The first-order chi connectivity index (χ1) is 11.8. The van der Waals surface area contributed by atoms with Gasteiger partial charge in [-0.05, 0) is 42.7 Å². The van der Waals surface area contributed by atoms with Gasteiger partial charge in [-0.1, -0.05) is 42.0 Å². The predicted octanol–water partition coefficient (Wildman–Crippen LogP) is 4.91. The Labute approximate surface area is 145 Å². The van der Waals surface area contributed by atoms with E-state index in [1.54, 1.807) is 11.3 Å². The fourth-order valence-corrected chi connectivity index (χ4v) is 3.98. The second kappa shape index (κ2) is 6.69. The molecule has 1 N–H and O–H groups in total. The van der Waals surface area contributed by atoms with Gasteiger partial charge in [0.25, 0.3) is 0 Å². The van der Waals surface area contributed by atoms with Gasteiger partial charge in [0.05, 0.1) is 0 Å². The molecule has 1 aliphatic carbocycles. The molecule has 2 aromatic heterocycles. The van der Waals surface area contributed by atoms with Crippen LogP contribution in [-0.2, 0) is 0 Å². The second-order valence-electron chi connectivity index (χ2n) is 6.33. The molecule has 0 amide bonds. The molecule has 0 aliphatic heterocycles. The summed E-state index contributed by atoms with van der Waals surface area (Å²) in [6.07, 6.45) is 8.68. The predicted molar refractivity (Wildman–Crippen MR) is 100 cm³/mol. The topological polar surface area (TPSA) is 50.7 Å². The van der Waals surface area contributed by atoms with E-state index in [1.165, 1.54) is 36.6 Å². The van der Waals surface area contributed by atoms with Crippen LogP contribution in [0.5, 0.6) is 0 Å². The lowest BCUT2D eigenvalue weighted by Crippen LogP contribution is -2.19. The second-order valence-corrected chi connectivity index (χ2v) is 7.31. The molecule has 1 saturated carbocycles. The summed E-state index contributed by atoms with van der Waals surface area (Å²) < 4.78 is 0. The van der Waals surface area contributed by atoms with Crippen molar-refractivity contribution >= 4 is 27.2 Å². The van der Waals surface area contributed by atoms with Crippen LogP contribution in [0.2, 0.25) is 0 Å². The Balaban J connectivity index is 1.48. The Hall–Kier alpha value is -2.27. The Morgan fingerprint density at radius 2 is 2.12 bits per heavy atom. The van der Waals surface area contributed by atoms with Gasteiger partial charge < -0.3 is 5.32 Å². The monoisotopic (exact) mass is 336 g/mol. The number of pyridine rings is 1. The van der Waals surface area contributed by atoms with E-state index < -0.39 is 0 Å². The average Bonchev–Trinajstić information content (AvgIpc) is 3.10. The van der Waals surface area contributed by atoms with Crippen LogP contribution in [0, 0.1) is 5.92 Å². The fourth-order valence-electron chi connectivity index (χ4n) is 3.24. The molecule has 122 valence electrons. The molecule has 1 aliphatic rings. The van der Waals surface area contributed by atoms with Gasteiger partial charge in [0.2, 0.25) is 5.13 Å². The minimum Gasteiger partial charge on any atom is -0.359 e. The first-order valence-electron chi connectivity index (χ1n) is 8.39. The molecule has 1 aromatic carbocycles. The summed E-state index contributed by atoms with van der Waals surface area (Å²) in [6, 6.07) is 8.33. The number of aromatic nitrogens is 3. The Morgan fingerprint density at radius 1 is 1.17 bits per heavy atom. The van der Waals surface area contributed by atoms with Crippen LogP contribution < -0.4 is 5.32 Å². The average molecular weight is 336 g/mol. The standard InChI is InChI=1S/C19H20N4S/c1-13-4-2-3-5-16(13)12-21-19-23-22-18(24-19)15-6-7-17-11-20-9-8-14(17)10-15/h6-11,16H,1-5,12H2,(H,21,23)/t16-/m0/s1. The number of nitrogens with zero attached hydrogens (tertiary/aromatic N) is 3. The van der Waals surface area contributed by atoms with Crippen LogP contribution in [0.25, 0.3) is 21.3 Å². The maximum absolute atomic E-state index is 4.34. The van der Waals surface area contributed by atoms with Crippen molar-refractivity contribution in [1.82, 2.24) is 15.2 Å². The van der Waals surface area contributed by atoms with Crippen LogP contribution in [0.15, 0.2) is 48.8 Å². The van der Waals surface area contributed by atoms with E-state index in [9.17, 15) is 0 Å². The van der Waals surface area contributed by atoms with Crippen molar-refractivity contribution < 1.29 is 0 Å². The van der Waals surface area contributed by atoms with E-state index in [0.717, 1.165) is 27.6 Å². The molecule has 0 bridgehead atoms. The van der Waals surface area contributed by atoms with Gasteiger partial charge in [-0.25, -0.2) is 0 Å². The maximum atomic E-state index is 4.34. The molecular formula is C19H20N4S. The van der Waals surface area contributed by atoms with E-state index >= 15 is 0 Å². The highest BCUT2D eigenvalue weighted by Gasteiger charge is 2.17. The molecular weight excluding hydrogens is 316 g/mol. The van der Waals surface area contributed by atoms with Crippen molar-refractivity contribution in [2.24, 2.45) is 5.92 Å². The van der Waals surface area contributed by atoms with Crippen molar-refractivity contribution in [3.8, 4) is 10.6 Å². The SMILES string of the molecule is C=C1CCCC[C@H]1CNc1nnc(-c2ccc3cnccc3c2)s1. The van der Waals surface area contributed by atoms with E-state index in [-0.39, 0.29) is 0 Å². The van der Waals surface area contributed by atoms with Crippen LogP contribution >= 0.6 is 11.3 Å². The van der Waals surface area contributed by atoms with Crippen molar-refractivity contribution in [1.29, 1.82) is 0 Å². The first kappa shape index (κ1) is 15.3. The van der Waals surface area contributed by atoms with Crippen LogP contribution in [-0.4, -0.2) is 21.7 Å². The molecule has 1 atom stereocenters. The number of hydrogen-bond acceptors (Lipinski definition) is 5. The van der Waals surface area contributed by atoms with Gasteiger partial charge in [-0.2, -0.15) is 0 Å². The van der Waals surface area contributed by atoms with Gasteiger partial charge in [-0.15, -0.1) is 10.2 Å². The maximum Gasteiger partial charge on any atom is 0.206 e. The van der Waals surface area contributed by atoms with Gasteiger partial charge in [0.1, 0.15) is 5.01 Å². The highest BCUT2D eigenvalue weighted by molar-refractivity contribution is 7.18. The van der Waals surface area contributed by atoms with Gasteiger partial charge in [0.15, 0.2) is 0 Å². The molecule has 5 heteroatoms. The minimum absolute atomic E-state index is 0.569. The molecule has 2 heterocycles. The molecule has 0 unspecified atom stereocenters. The minimum atomic E-state index is 0.569. The molecule has 3 aromatic rings. The fraction of sp³-hybridized carbons (Fsp3) is 0.316. The van der Waals surface area contributed by atoms with Gasteiger partial charge in [0, 0.05) is 29.9 Å². The highest BCUT2D eigenvalue weighted by Crippen LogP contribution is 2.31. The molecule has 0 radical (unpaired) electrons. The van der Waals surface area contributed by atoms with Crippen molar-refractivity contribution in [3.63, 3.8) is 0 Å². The summed E-state index contributed by atoms with van der Waals surface area (Å²) in [7, 11) is 0. The number of nitrogens with one attached hydrogen (secondary N) is 1. The zero-order chi connectivity index (χ0) is 16.4. The molecule has 24 heavy (non-hydrogen) atoms. The Bertz CT molecular complexity index is 870. The quantitative estimate of drug-likeness (QED) is 0.688. The summed E-state index contributed by atoms with van der Waals surface area (Å²) >= 11 is 1.61. The smallest absolute Gasteiger partial charge is 0.206 e. The van der Waals surface area contributed by atoms with E-state index in [0.29, 0.717) is 5.92 Å². The molecule has 0 saturated heterocycles. The summed E-state index contributed by atoms with van der Waals surface area (Å²) in [5, 5.41) is 16.2. The normalized spacial score (nSPS) is 18.0. The zero-order valence-corrected chi connectivity index (χ0v) is 14.4. The van der Waals surface area contributed by atoms with Crippen molar-refractivity contribution in [3.05, 3.63) is 48.8 Å². The Morgan fingerprint density at radius 3 is 3.04 bits per heavy atom. The van der Waals surface area contributed by atoms with E-state index in [4.69, 9.17) is 0 Å². The lowest BCUT2D eigenvalue weighted by atomic mass is 9.85. The van der Waals surface area contributed by atoms with Crippen LogP contribution in [0.3, 0.4) is 0 Å². The highest BCUT2D eigenvalue weighted by atomic mass is 32.1. The zero-order valence-electron chi connectivity index (χ0n) is 13.5. The summed E-state index contributed by atoms with van der Waals surface area (Å²) in [6.45, 7) is 5.13. The van der Waals surface area contributed by atoms with Gasteiger partial charge >= 0.3 is 0 Å².